The van der Waals surface area contributed by atoms with Gasteiger partial charge in [0.25, 0.3) is 0 Å². The summed E-state index contributed by atoms with van der Waals surface area (Å²) in [6, 6.07) is 4.31. The van der Waals surface area contributed by atoms with Gasteiger partial charge in [0.15, 0.2) is 0 Å². The van der Waals surface area contributed by atoms with Crippen molar-refractivity contribution >= 4 is 23.1 Å². The number of allylic oxidation sites excluding steroid dienone is 4. The first-order valence-electron chi connectivity index (χ1n) is 7.47. The highest BCUT2D eigenvalue weighted by molar-refractivity contribution is 5.91. The molecule has 0 aliphatic rings. The first-order chi connectivity index (χ1) is 10.6. The van der Waals surface area contributed by atoms with Crippen molar-refractivity contribution in [3.8, 4) is 0 Å². The van der Waals surface area contributed by atoms with Gasteiger partial charge in [0, 0.05) is 10.9 Å². The summed E-state index contributed by atoms with van der Waals surface area (Å²) >= 11 is 0. The van der Waals surface area contributed by atoms with Gasteiger partial charge in [0.05, 0.1) is 0 Å². The molecule has 0 aliphatic carbocycles. The van der Waals surface area contributed by atoms with E-state index in [-0.39, 0.29) is 0 Å². The van der Waals surface area contributed by atoms with Gasteiger partial charge in [-0.25, -0.2) is 0 Å². The zero-order chi connectivity index (χ0) is 16.1. The van der Waals surface area contributed by atoms with Gasteiger partial charge in [-0.15, -0.1) is 0 Å². The standard InChI is InChI=1S/C20H23NO/c1-5-7-19-17(6-2)18-13-16(9-8-14(3)10-11-21)15(4)12-20(18)22-19/h5-8,10-13H,2,9,21H2,1,3-4H3/b7-5-,11-10-,14-8-. The molecule has 0 unspecified atom stereocenters. The van der Waals surface area contributed by atoms with E-state index in [0.717, 1.165) is 34.3 Å². The smallest absolute Gasteiger partial charge is 0.135 e. The predicted molar refractivity (Wildman–Crippen MR) is 96.5 cm³/mol. The van der Waals surface area contributed by atoms with Crippen LogP contribution in [-0.2, 0) is 6.42 Å². The second-order valence-corrected chi connectivity index (χ2v) is 5.37. The maximum absolute atomic E-state index is 5.93. The van der Waals surface area contributed by atoms with Crippen LogP contribution >= 0.6 is 0 Å². The molecule has 0 fully saturated rings. The molecule has 0 radical (unpaired) electrons. The summed E-state index contributed by atoms with van der Waals surface area (Å²) in [5, 5.41) is 1.11. The average Bonchev–Trinajstić information content (AvgIpc) is 2.81. The lowest BCUT2D eigenvalue weighted by molar-refractivity contribution is 0.603. The summed E-state index contributed by atoms with van der Waals surface area (Å²) in [6.45, 7) is 10.1. The lowest BCUT2D eigenvalue weighted by atomic mass is 10.00. The third kappa shape index (κ3) is 3.22. The van der Waals surface area contributed by atoms with Crippen molar-refractivity contribution in [1.29, 1.82) is 0 Å². The highest BCUT2D eigenvalue weighted by Gasteiger charge is 2.11. The van der Waals surface area contributed by atoms with Crippen LogP contribution in [0.25, 0.3) is 23.1 Å². The first-order valence-corrected chi connectivity index (χ1v) is 7.47. The Morgan fingerprint density at radius 3 is 2.77 bits per heavy atom. The summed E-state index contributed by atoms with van der Waals surface area (Å²) < 4.78 is 5.93. The van der Waals surface area contributed by atoms with E-state index in [1.54, 1.807) is 6.20 Å². The Hall–Kier alpha value is -2.48. The monoisotopic (exact) mass is 293 g/mol. The fourth-order valence-corrected chi connectivity index (χ4v) is 2.52. The van der Waals surface area contributed by atoms with Crippen LogP contribution < -0.4 is 5.73 Å². The van der Waals surface area contributed by atoms with E-state index in [9.17, 15) is 0 Å². The molecular formula is C20H23NO. The molecule has 0 amide bonds. The molecule has 2 nitrogen and oxygen atoms in total. The summed E-state index contributed by atoms with van der Waals surface area (Å²) in [7, 11) is 0. The van der Waals surface area contributed by atoms with Crippen LogP contribution in [0.4, 0.5) is 0 Å². The molecule has 2 aromatic rings. The molecule has 1 heterocycles. The van der Waals surface area contributed by atoms with Crippen molar-refractivity contribution in [2.45, 2.75) is 27.2 Å². The first kappa shape index (κ1) is 15.9. The molecule has 2 N–H and O–H groups in total. The summed E-state index contributed by atoms with van der Waals surface area (Å²) in [5.74, 6) is 0.863. The third-order valence-corrected chi connectivity index (χ3v) is 3.74. The Bertz CT molecular complexity index is 773. The van der Waals surface area contributed by atoms with Crippen molar-refractivity contribution in [3.05, 3.63) is 71.2 Å². The van der Waals surface area contributed by atoms with Crippen molar-refractivity contribution in [1.82, 2.24) is 0 Å². The largest absolute Gasteiger partial charge is 0.456 e. The van der Waals surface area contributed by atoms with Crippen molar-refractivity contribution in [2.75, 3.05) is 0 Å². The van der Waals surface area contributed by atoms with Crippen LogP contribution in [0, 0.1) is 6.92 Å². The predicted octanol–water partition coefficient (Wildman–Crippen LogP) is 5.38. The van der Waals surface area contributed by atoms with Crippen molar-refractivity contribution in [3.63, 3.8) is 0 Å². The topological polar surface area (TPSA) is 39.2 Å². The molecule has 0 atom stereocenters. The number of nitrogens with two attached hydrogens (primary N) is 1. The number of hydrogen-bond acceptors (Lipinski definition) is 2. The maximum atomic E-state index is 5.93. The van der Waals surface area contributed by atoms with Gasteiger partial charge >= 0.3 is 0 Å². The zero-order valence-electron chi connectivity index (χ0n) is 13.5. The zero-order valence-corrected chi connectivity index (χ0v) is 13.5. The van der Waals surface area contributed by atoms with Gasteiger partial charge < -0.3 is 10.2 Å². The van der Waals surface area contributed by atoms with E-state index in [2.05, 4.69) is 31.7 Å². The molecule has 114 valence electrons. The Balaban J connectivity index is 2.51. The van der Waals surface area contributed by atoms with E-state index < -0.39 is 0 Å². The lowest BCUT2D eigenvalue weighted by Crippen LogP contribution is -1.88. The molecule has 0 aliphatic heterocycles. The minimum atomic E-state index is 0.863. The van der Waals surface area contributed by atoms with Crippen molar-refractivity contribution < 1.29 is 4.42 Å². The van der Waals surface area contributed by atoms with Crippen LogP contribution in [0.2, 0.25) is 0 Å². The van der Waals surface area contributed by atoms with Crippen LogP contribution in [0.15, 0.2) is 53.1 Å². The highest BCUT2D eigenvalue weighted by atomic mass is 16.3. The second kappa shape index (κ2) is 6.99. The Kier molecular flexibility index (Phi) is 5.05. The number of aryl methyl sites for hydroxylation is 1. The minimum absolute atomic E-state index is 0.863. The van der Waals surface area contributed by atoms with Gasteiger partial charge in [-0.2, -0.15) is 0 Å². The number of furan rings is 1. The van der Waals surface area contributed by atoms with Crippen molar-refractivity contribution in [2.24, 2.45) is 5.73 Å². The summed E-state index contributed by atoms with van der Waals surface area (Å²) in [6.07, 6.45) is 12.3. The van der Waals surface area contributed by atoms with E-state index >= 15 is 0 Å². The molecular weight excluding hydrogens is 270 g/mol. The lowest BCUT2D eigenvalue weighted by Gasteiger charge is -2.04. The maximum Gasteiger partial charge on any atom is 0.135 e. The van der Waals surface area contributed by atoms with Crippen LogP contribution in [0.3, 0.4) is 0 Å². The summed E-state index contributed by atoms with van der Waals surface area (Å²) in [5.41, 5.74) is 11.1. The molecule has 1 aromatic carbocycles. The normalized spacial score (nSPS) is 12.8. The molecule has 0 spiro atoms. The van der Waals surface area contributed by atoms with Crippen LogP contribution in [0.5, 0.6) is 0 Å². The molecule has 22 heavy (non-hydrogen) atoms. The van der Waals surface area contributed by atoms with Gasteiger partial charge in [0.1, 0.15) is 11.3 Å². The van der Waals surface area contributed by atoms with E-state index in [0.29, 0.717) is 0 Å². The number of hydrogen-bond donors (Lipinski definition) is 1. The third-order valence-electron chi connectivity index (χ3n) is 3.74. The number of rotatable bonds is 5. The van der Waals surface area contributed by atoms with Gasteiger partial charge in [-0.1, -0.05) is 30.4 Å². The van der Waals surface area contributed by atoms with Crippen LogP contribution in [-0.4, -0.2) is 0 Å². The van der Waals surface area contributed by atoms with Gasteiger partial charge in [-0.05, 0) is 68.8 Å². The fourth-order valence-electron chi connectivity index (χ4n) is 2.52. The minimum Gasteiger partial charge on any atom is -0.456 e. The Morgan fingerprint density at radius 2 is 2.14 bits per heavy atom. The molecule has 0 saturated heterocycles. The summed E-state index contributed by atoms with van der Waals surface area (Å²) in [4.78, 5) is 0. The molecule has 0 saturated carbocycles. The van der Waals surface area contributed by atoms with Gasteiger partial charge in [0.2, 0.25) is 0 Å². The molecule has 0 bridgehead atoms. The Labute approximate surface area is 132 Å². The molecule has 1 aromatic heterocycles. The highest BCUT2D eigenvalue weighted by Crippen LogP contribution is 2.30. The molecule has 2 heteroatoms. The number of benzene rings is 1. The van der Waals surface area contributed by atoms with E-state index in [1.165, 1.54) is 11.1 Å². The Morgan fingerprint density at radius 1 is 1.36 bits per heavy atom. The average molecular weight is 293 g/mol. The quantitative estimate of drug-likeness (QED) is 0.752. The van der Waals surface area contributed by atoms with E-state index in [4.69, 9.17) is 10.2 Å². The second-order valence-electron chi connectivity index (χ2n) is 5.37. The van der Waals surface area contributed by atoms with Gasteiger partial charge in [-0.3, -0.25) is 0 Å². The van der Waals surface area contributed by atoms with Crippen LogP contribution in [0.1, 0.15) is 36.3 Å². The number of fused-ring (bicyclic) bond motifs is 1. The molecule has 2 rings (SSSR count). The van der Waals surface area contributed by atoms with E-state index in [1.807, 2.05) is 38.2 Å². The fraction of sp³-hybridized carbons (Fsp3) is 0.200. The SMILES string of the molecule is C=Cc1c(/C=C\C)oc2cc(C)c(C/C=C(C)\C=C/N)cc12.